The zero-order valence-corrected chi connectivity index (χ0v) is 12.5. The van der Waals surface area contributed by atoms with Crippen molar-refractivity contribution in [1.29, 1.82) is 0 Å². The largest absolute Gasteiger partial charge is 0.481 e. The fourth-order valence-electron chi connectivity index (χ4n) is 2.75. The number of amides is 3. The third kappa shape index (κ3) is 2.80. The van der Waals surface area contributed by atoms with Gasteiger partial charge >= 0.3 is 12.0 Å². The summed E-state index contributed by atoms with van der Waals surface area (Å²) in [6.45, 7) is 4.50. The molecule has 118 valence electrons. The molecule has 0 radical (unpaired) electrons. The van der Waals surface area contributed by atoms with E-state index < -0.39 is 29.5 Å². The van der Waals surface area contributed by atoms with Crippen molar-refractivity contribution in [3.8, 4) is 0 Å². The number of rotatable bonds is 2. The van der Waals surface area contributed by atoms with Gasteiger partial charge in [0.05, 0.1) is 19.3 Å². The van der Waals surface area contributed by atoms with E-state index in [0.29, 0.717) is 13.1 Å². The summed E-state index contributed by atoms with van der Waals surface area (Å²) in [7, 11) is 1.70. The average molecular weight is 299 g/mol. The zero-order valence-electron chi connectivity index (χ0n) is 12.5. The highest BCUT2D eigenvalue weighted by molar-refractivity contribution is 5.91. The van der Waals surface area contributed by atoms with Crippen LogP contribution in [0.4, 0.5) is 4.79 Å². The Hall–Kier alpha value is -1.83. The fraction of sp³-hybridized carbons (Fsp3) is 0.769. The molecular weight excluding hydrogens is 278 g/mol. The van der Waals surface area contributed by atoms with Crippen molar-refractivity contribution in [2.45, 2.75) is 25.4 Å². The molecule has 21 heavy (non-hydrogen) atoms. The minimum absolute atomic E-state index is 0.0886. The second kappa shape index (κ2) is 5.51. The Morgan fingerprint density at radius 3 is 2.62 bits per heavy atom. The van der Waals surface area contributed by atoms with Crippen LogP contribution in [0.25, 0.3) is 0 Å². The van der Waals surface area contributed by atoms with Crippen LogP contribution in [-0.2, 0) is 14.3 Å². The van der Waals surface area contributed by atoms with Crippen LogP contribution in [0.15, 0.2) is 0 Å². The number of carbonyl (C=O) groups is 3. The summed E-state index contributed by atoms with van der Waals surface area (Å²) in [6.07, 6.45) is 0. The summed E-state index contributed by atoms with van der Waals surface area (Å²) in [6, 6.07) is -0.997. The van der Waals surface area contributed by atoms with Crippen LogP contribution in [0, 0.1) is 5.92 Å². The first kappa shape index (κ1) is 15.6. The van der Waals surface area contributed by atoms with Crippen molar-refractivity contribution in [2.24, 2.45) is 5.92 Å². The molecule has 8 nitrogen and oxygen atoms in total. The Kier molecular flexibility index (Phi) is 4.08. The number of piperazine rings is 1. The van der Waals surface area contributed by atoms with Crippen LogP contribution in [0.1, 0.15) is 13.8 Å². The summed E-state index contributed by atoms with van der Waals surface area (Å²) in [5.74, 6) is -1.88. The van der Waals surface area contributed by atoms with E-state index >= 15 is 0 Å². The van der Waals surface area contributed by atoms with Crippen LogP contribution in [0.3, 0.4) is 0 Å². The number of carbonyl (C=O) groups excluding carboxylic acids is 2. The van der Waals surface area contributed by atoms with Gasteiger partial charge < -0.3 is 25.0 Å². The van der Waals surface area contributed by atoms with Crippen molar-refractivity contribution in [1.82, 2.24) is 15.1 Å². The van der Waals surface area contributed by atoms with Crippen molar-refractivity contribution in [2.75, 3.05) is 33.4 Å². The highest BCUT2D eigenvalue weighted by Gasteiger charge is 2.44. The molecule has 2 unspecified atom stereocenters. The summed E-state index contributed by atoms with van der Waals surface area (Å²) >= 11 is 0. The van der Waals surface area contributed by atoms with Gasteiger partial charge in [0, 0.05) is 20.1 Å². The second-order valence-corrected chi connectivity index (χ2v) is 5.98. The Bertz CT molecular complexity index is 465. The molecule has 0 aromatic heterocycles. The highest BCUT2D eigenvalue weighted by atomic mass is 16.5. The predicted molar refractivity (Wildman–Crippen MR) is 72.7 cm³/mol. The number of hydrogen-bond donors (Lipinski definition) is 2. The SMILES string of the molecule is CN1CCN(C(=O)NC2COCC2C(=O)O)C(C)(C)C1=O. The van der Waals surface area contributed by atoms with Crippen LogP contribution in [-0.4, -0.2) is 77.7 Å². The molecule has 2 N–H and O–H groups in total. The minimum Gasteiger partial charge on any atom is -0.481 e. The van der Waals surface area contributed by atoms with E-state index in [1.165, 1.54) is 4.90 Å². The lowest BCUT2D eigenvalue weighted by Gasteiger charge is -2.44. The molecule has 0 bridgehead atoms. The van der Waals surface area contributed by atoms with Crippen molar-refractivity contribution in [3.63, 3.8) is 0 Å². The molecule has 2 aliphatic heterocycles. The predicted octanol–water partition coefficient (Wildman–Crippen LogP) is -0.652. The fourth-order valence-corrected chi connectivity index (χ4v) is 2.75. The molecule has 8 heteroatoms. The average Bonchev–Trinajstić information content (AvgIpc) is 2.84. The van der Waals surface area contributed by atoms with Gasteiger partial charge in [0.25, 0.3) is 0 Å². The summed E-state index contributed by atoms with van der Waals surface area (Å²) < 4.78 is 5.12. The second-order valence-electron chi connectivity index (χ2n) is 5.98. The molecule has 2 aliphatic rings. The zero-order chi connectivity index (χ0) is 15.8. The topological polar surface area (TPSA) is 99.2 Å². The molecular formula is C13H21N3O5. The van der Waals surface area contributed by atoms with Crippen molar-refractivity contribution in [3.05, 3.63) is 0 Å². The van der Waals surface area contributed by atoms with Gasteiger partial charge in [0.1, 0.15) is 11.5 Å². The number of hydrogen-bond acceptors (Lipinski definition) is 4. The normalized spacial score (nSPS) is 28.6. The first-order valence-corrected chi connectivity index (χ1v) is 6.89. The number of nitrogens with zero attached hydrogens (tertiary/aromatic N) is 2. The Balaban J connectivity index is 2.06. The summed E-state index contributed by atoms with van der Waals surface area (Å²) in [5.41, 5.74) is -0.949. The van der Waals surface area contributed by atoms with Gasteiger partial charge in [-0.05, 0) is 13.8 Å². The first-order valence-electron chi connectivity index (χ1n) is 6.89. The Labute approximate surface area is 123 Å². The molecule has 2 heterocycles. The van der Waals surface area contributed by atoms with E-state index in [1.807, 2.05) is 0 Å². The van der Waals surface area contributed by atoms with Gasteiger partial charge in [0.15, 0.2) is 0 Å². The van der Waals surface area contributed by atoms with Gasteiger partial charge in [-0.15, -0.1) is 0 Å². The molecule has 0 spiro atoms. The lowest BCUT2D eigenvalue weighted by Crippen LogP contribution is -2.66. The van der Waals surface area contributed by atoms with Gasteiger partial charge in [-0.3, -0.25) is 9.59 Å². The van der Waals surface area contributed by atoms with Gasteiger partial charge in [-0.25, -0.2) is 4.79 Å². The van der Waals surface area contributed by atoms with Gasteiger partial charge in [-0.2, -0.15) is 0 Å². The third-order valence-corrected chi connectivity index (χ3v) is 4.16. The maximum atomic E-state index is 12.4. The van der Waals surface area contributed by atoms with Crippen LogP contribution < -0.4 is 5.32 Å². The molecule has 0 aromatic carbocycles. The Morgan fingerprint density at radius 2 is 2.00 bits per heavy atom. The van der Waals surface area contributed by atoms with Crippen LogP contribution in [0.2, 0.25) is 0 Å². The molecule has 2 rings (SSSR count). The first-order chi connectivity index (χ1) is 9.75. The van der Waals surface area contributed by atoms with Gasteiger partial charge in [-0.1, -0.05) is 0 Å². The molecule has 2 fully saturated rings. The lowest BCUT2D eigenvalue weighted by atomic mass is 9.98. The maximum absolute atomic E-state index is 12.4. The van der Waals surface area contributed by atoms with E-state index in [-0.39, 0.29) is 19.1 Å². The van der Waals surface area contributed by atoms with Gasteiger partial charge in [0.2, 0.25) is 5.91 Å². The van der Waals surface area contributed by atoms with E-state index in [4.69, 9.17) is 9.84 Å². The van der Waals surface area contributed by atoms with Crippen LogP contribution in [0.5, 0.6) is 0 Å². The molecule has 3 amide bonds. The van der Waals surface area contributed by atoms with E-state index in [2.05, 4.69) is 5.32 Å². The van der Waals surface area contributed by atoms with E-state index in [0.717, 1.165) is 0 Å². The molecule has 2 saturated heterocycles. The minimum atomic E-state index is -0.994. The van der Waals surface area contributed by atoms with Crippen molar-refractivity contribution >= 4 is 17.9 Å². The number of likely N-dealkylation sites (N-methyl/N-ethyl adjacent to an activating group) is 1. The number of nitrogens with one attached hydrogen (secondary N) is 1. The van der Waals surface area contributed by atoms with Crippen molar-refractivity contribution < 1.29 is 24.2 Å². The number of carboxylic acid groups (broad SMARTS) is 1. The molecule has 0 aliphatic carbocycles. The molecule has 0 aromatic rings. The summed E-state index contributed by atoms with van der Waals surface area (Å²) in [5, 5.41) is 11.8. The third-order valence-electron chi connectivity index (χ3n) is 4.16. The lowest BCUT2D eigenvalue weighted by molar-refractivity contribution is -0.145. The molecule has 2 atom stereocenters. The number of ether oxygens (including phenoxy) is 1. The smallest absolute Gasteiger partial charge is 0.318 e. The highest BCUT2D eigenvalue weighted by Crippen LogP contribution is 2.22. The van der Waals surface area contributed by atoms with Crippen LogP contribution >= 0.6 is 0 Å². The number of aliphatic carboxylic acids is 1. The number of carboxylic acids is 1. The maximum Gasteiger partial charge on any atom is 0.318 e. The molecule has 0 saturated carbocycles. The standard InChI is InChI=1S/C13H21N3O5/c1-13(2)11(19)15(3)4-5-16(13)12(20)14-9-7-21-6-8(9)10(17)18/h8-9H,4-7H2,1-3H3,(H,14,20)(H,17,18). The quantitative estimate of drug-likeness (QED) is 0.706. The number of urea groups is 1. The monoisotopic (exact) mass is 299 g/mol. The van der Waals surface area contributed by atoms with E-state index in [9.17, 15) is 14.4 Å². The Morgan fingerprint density at radius 1 is 1.33 bits per heavy atom. The summed E-state index contributed by atoms with van der Waals surface area (Å²) in [4.78, 5) is 38.7. The van der Waals surface area contributed by atoms with E-state index in [1.54, 1.807) is 25.8 Å².